The first kappa shape index (κ1) is 17.0. The standard InChI is InChI=1S/C16H23NO4/c1-5-12(14(18)19)10-11-6-8-13(9-7-11)17-15(20)21-16(2,3)4/h6-9,12H,5,10H2,1-4H3,(H,17,20)(H,18,19). The van der Waals surface area contributed by atoms with Crippen molar-refractivity contribution in [1.82, 2.24) is 0 Å². The molecule has 1 rings (SSSR count). The van der Waals surface area contributed by atoms with Gasteiger partial charge >= 0.3 is 12.1 Å². The monoisotopic (exact) mass is 293 g/mol. The lowest BCUT2D eigenvalue weighted by atomic mass is 9.97. The molecule has 0 saturated carbocycles. The third kappa shape index (κ3) is 6.29. The van der Waals surface area contributed by atoms with Gasteiger partial charge in [0, 0.05) is 5.69 Å². The Bertz CT molecular complexity index is 488. The molecule has 0 heterocycles. The number of anilines is 1. The summed E-state index contributed by atoms with van der Waals surface area (Å²) in [6.07, 6.45) is 0.568. The Balaban J connectivity index is 2.62. The molecule has 116 valence electrons. The Hall–Kier alpha value is -2.04. The maximum Gasteiger partial charge on any atom is 0.412 e. The van der Waals surface area contributed by atoms with Gasteiger partial charge in [0.25, 0.3) is 0 Å². The van der Waals surface area contributed by atoms with Gasteiger partial charge in [0.05, 0.1) is 5.92 Å². The minimum absolute atomic E-state index is 0.380. The van der Waals surface area contributed by atoms with Crippen LogP contribution in [0.3, 0.4) is 0 Å². The number of ether oxygens (including phenoxy) is 1. The second-order valence-corrected chi connectivity index (χ2v) is 5.97. The van der Waals surface area contributed by atoms with Crippen LogP contribution >= 0.6 is 0 Å². The van der Waals surface area contributed by atoms with E-state index in [1.807, 2.05) is 19.1 Å². The van der Waals surface area contributed by atoms with Gasteiger partial charge in [-0.25, -0.2) is 4.79 Å². The first-order chi connectivity index (χ1) is 9.71. The van der Waals surface area contributed by atoms with Gasteiger partial charge in [0.1, 0.15) is 5.60 Å². The number of nitrogens with one attached hydrogen (secondary N) is 1. The fourth-order valence-corrected chi connectivity index (χ4v) is 1.84. The molecule has 0 saturated heterocycles. The van der Waals surface area contributed by atoms with Crippen LogP contribution in [0.4, 0.5) is 10.5 Å². The van der Waals surface area contributed by atoms with Gasteiger partial charge in [0.15, 0.2) is 0 Å². The minimum Gasteiger partial charge on any atom is -0.481 e. The minimum atomic E-state index is -0.784. The smallest absolute Gasteiger partial charge is 0.412 e. The number of amides is 1. The summed E-state index contributed by atoms with van der Waals surface area (Å²) < 4.78 is 5.16. The third-order valence-corrected chi connectivity index (χ3v) is 2.92. The van der Waals surface area contributed by atoms with Crippen molar-refractivity contribution in [2.24, 2.45) is 5.92 Å². The summed E-state index contributed by atoms with van der Waals surface area (Å²) in [5.74, 6) is -1.16. The third-order valence-electron chi connectivity index (χ3n) is 2.92. The van der Waals surface area contributed by atoms with Crippen LogP contribution < -0.4 is 5.32 Å². The summed E-state index contributed by atoms with van der Waals surface area (Å²) in [4.78, 5) is 22.6. The predicted molar refractivity (Wildman–Crippen MR) is 81.4 cm³/mol. The van der Waals surface area contributed by atoms with Crippen molar-refractivity contribution in [2.75, 3.05) is 5.32 Å². The quantitative estimate of drug-likeness (QED) is 0.868. The lowest BCUT2D eigenvalue weighted by Crippen LogP contribution is -2.27. The van der Waals surface area contributed by atoms with Gasteiger partial charge in [-0.2, -0.15) is 0 Å². The highest BCUT2D eigenvalue weighted by Gasteiger charge is 2.17. The van der Waals surface area contributed by atoms with E-state index in [0.717, 1.165) is 5.56 Å². The molecule has 0 bridgehead atoms. The summed E-state index contributed by atoms with van der Waals surface area (Å²) in [5.41, 5.74) is 1.01. The number of carbonyl (C=O) groups excluding carboxylic acids is 1. The van der Waals surface area contributed by atoms with E-state index in [1.54, 1.807) is 32.9 Å². The van der Waals surface area contributed by atoms with Crippen LogP contribution in [0.15, 0.2) is 24.3 Å². The molecular formula is C16H23NO4. The molecule has 0 spiro atoms. The topological polar surface area (TPSA) is 75.6 Å². The number of carbonyl (C=O) groups is 2. The molecule has 1 unspecified atom stereocenters. The zero-order valence-electron chi connectivity index (χ0n) is 13.0. The molecule has 0 aliphatic heterocycles. The molecule has 5 nitrogen and oxygen atoms in total. The van der Waals surface area contributed by atoms with Crippen LogP contribution in [0.1, 0.15) is 39.7 Å². The zero-order chi connectivity index (χ0) is 16.0. The molecule has 0 aromatic heterocycles. The summed E-state index contributed by atoms with van der Waals surface area (Å²) in [7, 11) is 0. The molecule has 21 heavy (non-hydrogen) atoms. The van der Waals surface area contributed by atoms with E-state index in [2.05, 4.69) is 5.32 Å². The highest BCUT2D eigenvalue weighted by molar-refractivity contribution is 5.84. The fraction of sp³-hybridized carbons (Fsp3) is 0.500. The summed E-state index contributed by atoms with van der Waals surface area (Å²) >= 11 is 0. The molecule has 0 radical (unpaired) electrons. The largest absolute Gasteiger partial charge is 0.481 e. The Morgan fingerprint density at radius 2 is 1.81 bits per heavy atom. The molecular weight excluding hydrogens is 270 g/mol. The first-order valence-corrected chi connectivity index (χ1v) is 7.03. The van der Waals surface area contributed by atoms with Crippen molar-refractivity contribution in [3.8, 4) is 0 Å². The molecule has 1 aromatic rings. The SMILES string of the molecule is CCC(Cc1ccc(NC(=O)OC(C)(C)C)cc1)C(=O)O. The lowest BCUT2D eigenvalue weighted by molar-refractivity contribution is -0.141. The average Bonchev–Trinajstić information content (AvgIpc) is 2.35. The van der Waals surface area contributed by atoms with Crippen LogP contribution in [0.5, 0.6) is 0 Å². The number of carboxylic acids is 1. The number of carboxylic acid groups (broad SMARTS) is 1. The Kier molecular flexibility index (Phi) is 5.76. The highest BCUT2D eigenvalue weighted by atomic mass is 16.6. The molecule has 0 fully saturated rings. The van der Waals surface area contributed by atoms with E-state index in [-0.39, 0.29) is 5.92 Å². The van der Waals surface area contributed by atoms with Gasteiger partial charge in [-0.05, 0) is 51.3 Å². The molecule has 1 amide bonds. The van der Waals surface area contributed by atoms with Gasteiger partial charge in [-0.3, -0.25) is 10.1 Å². The summed E-state index contributed by atoms with van der Waals surface area (Å²) in [6, 6.07) is 7.12. The Morgan fingerprint density at radius 1 is 1.24 bits per heavy atom. The lowest BCUT2D eigenvalue weighted by Gasteiger charge is -2.19. The van der Waals surface area contributed by atoms with Crippen molar-refractivity contribution >= 4 is 17.7 Å². The number of aliphatic carboxylic acids is 1. The molecule has 5 heteroatoms. The molecule has 0 aliphatic carbocycles. The number of hydrogen-bond donors (Lipinski definition) is 2. The van der Waals surface area contributed by atoms with E-state index in [1.165, 1.54) is 0 Å². The molecule has 1 atom stereocenters. The predicted octanol–water partition coefficient (Wildman–Crippen LogP) is 3.69. The fourth-order valence-electron chi connectivity index (χ4n) is 1.84. The molecule has 1 aromatic carbocycles. The van der Waals surface area contributed by atoms with E-state index in [4.69, 9.17) is 9.84 Å². The van der Waals surface area contributed by atoms with E-state index in [9.17, 15) is 9.59 Å². The van der Waals surface area contributed by atoms with Crippen molar-refractivity contribution in [3.63, 3.8) is 0 Å². The average molecular weight is 293 g/mol. The van der Waals surface area contributed by atoms with Crippen molar-refractivity contribution in [2.45, 2.75) is 46.1 Å². The summed E-state index contributed by atoms with van der Waals surface area (Å²) in [5, 5.41) is 11.7. The van der Waals surface area contributed by atoms with Crippen LogP contribution in [0.2, 0.25) is 0 Å². The van der Waals surface area contributed by atoms with Crippen LogP contribution in [-0.2, 0) is 16.0 Å². The highest BCUT2D eigenvalue weighted by Crippen LogP contribution is 2.16. The number of benzene rings is 1. The van der Waals surface area contributed by atoms with Crippen LogP contribution in [0, 0.1) is 5.92 Å². The van der Waals surface area contributed by atoms with Crippen molar-refractivity contribution in [3.05, 3.63) is 29.8 Å². The van der Waals surface area contributed by atoms with E-state index < -0.39 is 17.7 Å². The van der Waals surface area contributed by atoms with Gasteiger partial charge in [0.2, 0.25) is 0 Å². The number of rotatable bonds is 5. The zero-order valence-corrected chi connectivity index (χ0v) is 13.0. The molecule has 0 aliphatic rings. The van der Waals surface area contributed by atoms with Gasteiger partial charge < -0.3 is 9.84 Å². The second kappa shape index (κ2) is 7.11. The van der Waals surface area contributed by atoms with E-state index in [0.29, 0.717) is 18.5 Å². The normalized spacial score (nSPS) is 12.6. The van der Waals surface area contributed by atoms with Crippen molar-refractivity contribution < 1.29 is 19.4 Å². The van der Waals surface area contributed by atoms with Crippen LogP contribution in [-0.4, -0.2) is 22.8 Å². The van der Waals surface area contributed by atoms with E-state index >= 15 is 0 Å². The Labute approximate surface area is 125 Å². The van der Waals surface area contributed by atoms with Gasteiger partial charge in [-0.15, -0.1) is 0 Å². The maximum absolute atomic E-state index is 11.6. The second-order valence-electron chi connectivity index (χ2n) is 5.97. The van der Waals surface area contributed by atoms with Crippen LogP contribution in [0.25, 0.3) is 0 Å². The van der Waals surface area contributed by atoms with Gasteiger partial charge in [-0.1, -0.05) is 19.1 Å². The number of hydrogen-bond acceptors (Lipinski definition) is 3. The first-order valence-electron chi connectivity index (χ1n) is 7.03. The van der Waals surface area contributed by atoms with Crippen molar-refractivity contribution in [1.29, 1.82) is 0 Å². The maximum atomic E-state index is 11.6. The summed E-state index contributed by atoms with van der Waals surface area (Å²) in [6.45, 7) is 7.25. The molecule has 2 N–H and O–H groups in total. The Morgan fingerprint density at radius 3 is 2.24 bits per heavy atom.